The number of hydrogen-bond acceptors (Lipinski definition) is 5. The molecule has 2 aromatic carbocycles. The van der Waals surface area contributed by atoms with Gasteiger partial charge in [0, 0.05) is 11.6 Å². The Morgan fingerprint density at radius 2 is 2.04 bits per heavy atom. The van der Waals surface area contributed by atoms with Gasteiger partial charge in [0.2, 0.25) is 0 Å². The van der Waals surface area contributed by atoms with Gasteiger partial charge in [-0.1, -0.05) is 47.6 Å². The van der Waals surface area contributed by atoms with Gasteiger partial charge in [0.15, 0.2) is 16.8 Å². The lowest BCUT2D eigenvalue weighted by Gasteiger charge is -2.10. The molecule has 0 aliphatic heterocycles. The molecule has 8 heteroatoms. The van der Waals surface area contributed by atoms with Crippen LogP contribution in [0.15, 0.2) is 53.7 Å². The standard InChI is InChI=1S/C20H17ClFN3O2S/c21-16-6-1-2-7-18(16)27-11-19-23-24-20(25(19)15-8-9-15)28-12-17(26)13-4-3-5-14(22)10-13/h1-7,10,15H,8-9,11-12H2. The van der Waals surface area contributed by atoms with Crippen molar-refractivity contribution in [3.05, 3.63) is 70.8 Å². The van der Waals surface area contributed by atoms with Crippen LogP contribution in [0.4, 0.5) is 4.39 Å². The number of benzene rings is 2. The summed E-state index contributed by atoms with van der Waals surface area (Å²) in [5.74, 6) is 0.882. The van der Waals surface area contributed by atoms with Gasteiger partial charge in [-0.2, -0.15) is 0 Å². The topological polar surface area (TPSA) is 57.0 Å². The molecule has 1 aromatic heterocycles. The highest BCUT2D eigenvalue weighted by Crippen LogP contribution is 2.39. The van der Waals surface area contributed by atoms with Gasteiger partial charge in [-0.25, -0.2) is 4.39 Å². The van der Waals surface area contributed by atoms with Crippen LogP contribution in [0.1, 0.15) is 35.1 Å². The fourth-order valence-corrected chi connectivity index (χ4v) is 3.89. The van der Waals surface area contributed by atoms with Crippen molar-refractivity contribution in [1.29, 1.82) is 0 Å². The molecule has 0 bridgehead atoms. The van der Waals surface area contributed by atoms with Crippen LogP contribution >= 0.6 is 23.4 Å². The Morgan fingerprint density at radius 3 is 2.79 bits per heavy atom. The molecule has 1 fully saturated rings. The number of carbonyl (C=O) groups excluding carboxylic acids is 1. The first-order valence-corrected chi connectivity index (χ1v) is 10.2. The van der Waals surface area contributed by atoms with Crippen LogP contribution in [0, 0.1) is 5.82 Å². The highest BCUT2D eigenvalue weighted by molar-refractivity contribution is 7.99. The predicted octanol–water partition coefficient (Wildman–Crippen LogP) is 4.96. The number of aromatic nitrogens is 3. The third-order valence-electron chi connectivity index (χ3n) is 4.32. The molecule has 1 saturated carbocycles. The normalized spacial score (nSPS) is 13.5. The van der Waals surface area contributed by atoms with Crippen molar-refractivity contribution in [2.24, 2.45) is 0 Å². The van der Waals surface area contributed by atoms with E-state index in [1.807, 2.05) is 16.7 Å². The maximum atomic E-state index is 13.3. The van der Waals surface area contributed by atoms with Gasteiger partial charge in [0.1, 0.15) is 18.2 Å². The van der Waals surface area contributed by atoms with Crippen molar-refractivity contribution in [2.75, 3.05) is 5.75 Å². The second-order valence-electron chi connectivity index (χ2n) is 6.44. The lowest BCUT2D eigenvalue weighted by atomic mass is 10.1. The van der Waals surface area contributed by atoms with Crippen molar-refractivity contribution in [3.63, 3.8) is 0 Å². The Hall–Kier alpha value is -2.38. The summed E-state index contributed by atoms with van der Waals surface area (Å²) >= 11 is 7.43. The molecule has 0 spiro atoms. The first kappa shape index (κ1) is 19.0. The molecule has 3 aromatic rings. The van der Waals surface area contributed by atoms with Crippen molar-refractivity contribution in [2.45, 2.75) is 30.6 Å². The summed E-state index contributed by atoms with van der Waals surface area (Å²) in [7, 11) is 0. The van der Waals surface area contributed by atoms with Crippen molar-refractivity contribution >= 4 is 29.1 Å². The van der Waals surface area contributed by atoms with E-state index in [1.54, 1.807) is 18.2 Å². The summed E-state index contributed by atoms with van der Waals surface area (Å²) in [6, 6.07) is 13.3. The molecule has 1 heterocycles. The third kappa shape index (κ3) is 4.36. The van der Waals surface area contributed by atoms with Crippen LogP contribution < -0.4 is 4.74 Å². The van der Waals surface area contributed by atoms with E-state index in [4.69, 9.17) is 16.3 Å². The fourth-order valence-electron chi connectivity index (χ4n) is 2.78. The molecule has 1 aliphatic rings. The zero-order valence-corrected chi connectivity index (χ0v) is 16.4. The number of ether oxygens (including phenoxy) is 1. The quantitative estimate of drug-likeness (QED) is 0.383. The minimum absolute atomic E-state index is 0.149. The van der Waals surface area contributed by atoms with Crippen LogP contribution in [-0.4, -0.2) is 26.3 Å². The summed E-state index contributed by atoms with van der Waals surface area (Å²) in [5.41, 5.74) is 0.354. The van der Waals surface area contributed by atoms with Gasteiger partial charge >= 0.3 is 0 Å². The fraction of sp³-hybridized carbons (Fsp3) is 0.250. The van der Waals surface area contributed by atoms with E-state index in [1.165, 1.54) is 30.0 Å². The average Bonchev–Trinajstić information content (AvgIpc) is 3.45. The van der Waals surface area contributed by atoms with Crippen LogP contribution in [0.3, 0.4) is 0 Å². The Morgan fingerprint density at radius 1 is 1.21 bits per heavy atom. The molecular formula is C20H17ClFN3O2S. The van der Waals surface area contributed by atoms with Crippen LogP contribution in [-0.2, 0) is 6.61 Å². The predicted molar refractivity (Wildman–Crippen MR) is 106 cm³/mol. The summed E-state index contributed by atoms with van der Waals surface area (Å²) in [5, 5.41) is 9.68. The number of rotatable bonds is 8. The van der Waals surface area contributed by atoms with E-state index in [-0.39, 0.29) is 18.1 Å². The van der Waals surface area contributed by atoms with E-state index in [9.17, 15) is 9.18 Å². The first-order chi connectivity index (χ1) is 13.6. The Labute approximate surface area is 170 Å². The Balaban J connectivity index is 1.45. The van der Waals surface area contributed by atoms with Crippen LogP contribution in [0.2, 0.25) is 5.02 Å². The van der Waals surface area contributed by atoms with Gasteiger partial charge < -0.3 is 4.74 Å². The molecule has 144 valence electrons. The Bertz CT molecular complexity index is 1010. The Kier molecular flexibility index (Phi) is 5.64. The minimum Gasteiger partial charge on any atom is -0.484 e. The maximum Gasteiger partial charge on any atom is 0.192 e. The molecule has 1 aliphatic carbocycles. The van der Waals surface area contributed by atoms with Crippen LogP contribution in [0.5, 0.6) is 5.75 Å². The smallest absolute Gasteiger partial charge is 0.192 e. The summed E-state index contributed by atoms with van der Waals surface area (Å²) < 4.78 is 21.1. The number of carbonyl (C=O) groups is 1. The van der Waals surface area contributed by atoms with Crippen molar-refractivity contribution in [1.82, 2.24) is 14.8 Å². The number of thioether (sulfide) groups is 1. The molecule has 0 atom stereocenters. The van der Waals surface area contributed by atoms with Crippen molar-refractivity contribution < 1.29 is 13.9 Å². The number of Topliss-reactive ketones (excluding diaryl/α,β-unsaturated/α-hetero) is 1. The second-order valence-corrected chi connectivity index (χ2v) is 7.79. The largest absolute Gasteiger partial charge is 0.484 e. The van der Waals surface area contributed by atoms with E-state index < -0.39 is 5.82 Å². The van der Waals surface area contributed by atoms with Gasteiger partial charge in [0.25, 0.3) is 0 Å². The molecule has 0 N–H and O–H groups in total. The number of ketones is 1. The molecule has 5 nitrogen and oxygen atoms in total. The van der Waals surface area contributed by atoms with E-state index >= 15 is 0 Å². The van der Waals surface area contributed by atoms with Crippen LogP contribution in [0.25, 0.3) is 0 Å². The molecule has 28 heavy (non-hydrogen) atoms. The number of para-hydroxylation sites is 1. The van der Waals surface area contributed by atoms with Gasteiger partial charge in [0.05, 0.1) is 10.8 Å². The molecule has 4 rings (SSSR count). The number of halogens is 2. The summed E-state index contributed by atoms with van der Waals surface area (Å²) in [6.45, 7) is 0.242. The van der Waals surface area contributed by atoms with E-state index in [0.717, 1.165) is 12.8 Å². The lowest BCUT2D eigenvalue weighted by molar-refractivity contribution is 0.102. The molecule has 0 amide bonds. The molecule has 0 radical (unpaired) electrons. The van der Waals surface area contributed by atoms with Gasteiger partial charge in [-0.05, 0) is 37.1 Å². The SMILES string of the molecule is O=C(CSc1nnc(COc2ccccc2Cl)n1C1CC1)c1cccc(F)c1. The minimum atomic E-state index is -0.420. The highest BCUT2D eigenvalue weighted by atomic mass is 35.5. The average molecular weight is 418 g/mol. The van der Waals surface area contributed by atoms with E-state index in [0.29, 0.717) is 33.4 Å². The summed E-state index contributed by atoms with van der Waals surface area (Å²) in [4.78, 5) is 12.3. The molecule has 0 unspecified atom stereocenters. The highest BCUT2D eigenvalue weighted by Gasteiger charge is 2.30. The van der Waals surface area contributed by atoms with Crippen molar-refractivity contribution in [3.8, 4) is 5.75 Å². The summed E-state index contributed by atoms with van der Waals surface area (Å²) in [6.07, 6.45) is 2.09. The monoisotopic (exact) mass is 417 g/mol. The van der Waals surface area contributed by atoms with E-state index in [2.05, 4.69) is 10.2 Å². The van der Waals surface area contributed by atoms with Gasteiger partial charge in [-0.15, -0.1) is 10.2 Å². The lowest BCUT2D eigenvalue weighted by Crippen LogP contribution is -2.08. The molecule has 0 saturated heterocycles. The first-order valence-electron chi connectivity index (χ1n) is 8.84. The molecular weight excluding hydrogens is 401 g/mol. The third-order valence-corrected chi connectivity index (χ3v) is 5.57. The number of hydrogen-bond donors (Lipinski definition) is 0. The maximum absolute atomic E-state index is 13.3. The zero-order chi connectivity index (χ0) is 19.5. The second kappa shape index (κ2) is 8.32. The van der Waals surface area contributed by atoms with Gasteiger partial charge in [-0.3, -0.25) is 9.36 Å². The number of nitrogens with zero attached hydrogens (tertiary/aromatic N) is 3. The zero-order valence-electron chi connectivity index (χ0n) is 14.8.